The normalized spacial score (nSPS) is 15.8. The van der Waals surface area contributed by atoms with Gasteiger partial charge in [0.25, 0.3) is 0 Å². The highest BCUT2D eigenvalue weighted by Gasteiger charge is 2.32. The number of benzene rings is 7. The zero-order valence-corrected chi connectivity index (χ0v) is 76.8. The standard InChI is InChI=1S/C23H25FN2.C23H28N2O.C21H20ClN3.C21H21N3.C19H24ClN3O/c1-15-11-18(13-16(2)17-5-7-19(24)8-6-17)23-20(12-15)21-14-25(3)10-9-22(21)26(23)4;1-16-12-17(14-23(2,26)18-8-6-5-7-9-18)22-19(13-16)20-15-24(3)11-10-21(20)25(22)4;1-14-4-5-15(12-23-14)6-7-16-10-17(22)11-18-19-13-24(2)9-8-20(19)25(3)21(16)18;1-15-12-17(5-4-16-6-9-22-10-7-16)21-18(13-15)19-14-23(2)11-8-20(19)24(21)3;1-22-8-5-17-16(12-22)15-11-14(20)9-13(19(15)21-17)10-18(24)23-6-3-2-4-7-23/h5-8,11-12H,2,9-10,13-14H2,1,3-4H3;5-9,12-13,26H,10-11,14-15H2,1-4H3;4-5,10-12H,8-9,13H2,1-3H3;6-7,9-10,12-13H,8,11,14H2,1-3H3;9,11,21H,2-8,10,12H2,1H3. The fourth-order valence-electron chi connectivity index (χ4n) is 20.1. The van der Waals surface area contributed by atoms with Gasteiger partial charge in [-0.3, -0.25) is 14.8 Å². The molecule has 1 fully saturated rings. The molecule has 0 bridgehead atoms. The van der Waals surface area contributed by atoms with Crippen LogP contribution in [0, 0.1) is 57.2 Å². The van der Waals surface area contributed by atoms with E-state index in [0.29, 0.717) is 12.8 Å². The number of nitrogens with zero attached hydrogens (tertiary/aromatic N) is 12. The SMILES string of the molecule is C=C(Cc1cc(C)cc2c3c(n(C)c12)CCN(C)C3)c1ccc(F)cc1.CN1CCc2[nH]c3c(CC(=O)N4CCCCC4)cc(Cl)cc3c2C1.Cc1cc(C#Cc2ccncc2)c2c(c1)c1c(n2C)CCN(C)C1.Cc1cc(CC(C)(O)c2ccccc2)c2c(c1)c1c(n2C)CCN(C)C1.Cc1ccc(C#Cc2cc(Cl)cc3c4c(n(C)c23)CCN(C)C4)cn1. The van der Waals surface area contributed by atoms with E-state index in [0.717, 1.165) is 196 Å². The first kappa shape index (κ1) is 87.6. The van der Waals surface area contributed by atoms with Crippen molar-refractivity contribution in [3.05, 3.63) is 309 Å². The molecule has 644 valence electrons. The number of carbonyl (C=O) groups excluding carboxylic acids is 1. The second-order valence-corrected chi connectivity index (χ2v) is 37.2. The van der Waals surface area contributed by atoms with Crippen LogP contribution in [0.15, 0.2) is 165 Å². The molecule has 0 radical (unpaired) electrons. The fraction of sp³-hybridized carbons (Fsp3) is 0.355. The lowest BCUT2D eigenvalue weighted by molar-refractivity contribution is -0.131. The fourth-order valence-corrected chi connectivity index (χ4v) is 20.6. The number of H-pyrrole nitrogens is 1. The summed E-state index contributed by atoms with van der Waals surface area (Å²) >= 11 is 12.8. The molecule has 20 rings (SSSR count). The third-order valence-corrected chi connectivity index (χ3v) is 27.0. The average molecular weight is 1710 g/mol. The zero-order chi connectivity index (χ0) is 87.8. The van der Waals surface area contributed by atoms with Gasteiger partial charge in [-0.25, -0.2) is 4.39 Å². The number of nitrogens with one attached hydrogen (secondary N) is 1. The smallest absolute Gasteiger partial charge is 0.227 e. The number of pyridine rings is 2. The van der Waals surface area contributed by atoms with Crippen molar-refractivity contribution in [2.75, 3.05) is 81.1 Å². The summed E-state index contributed by atoms with van der Waals surface area (Å²) in [6, 6.07) is 46.2. The monoisotopic (exact) mass is 1710 g/mol. The number of rotatable bonds is 8. The van der Waals surface area contributed by atoms with E-state index in [1.165, 1.54) is 152 Å². The Morgan fingerprint density at radius 3 is 1.49 bits per heavy atom. The van der Waals surface area contributed by atoms with Gasteiger partial charge in [0.15, 0.2) is 0 Å². The molecule has 2 N–H and O–H groups in total. The van der Waals surface area contributed by atoms with Gasteiger partial charge in [0.2, 0.25) is 5.91 Å². The van der Waals surface area contributed by atoms with Crippen molar-refractivity contribution in [2.45, 2.75) is 144 Å². The highest BCUT2D eigenvalue weighted by Crippen LogP contribution is 2.41. The van der Waals surface area contributed by atoms with E-state index >= 15 is 0 Å². The molecule has 1 amide bonds. The summed E-state index contributed by atoms with van der Waals surface area (Å²) in [4.78, 5) is 38.5. The first-order valence-corrected chi connectivity index (χ1v) is 45.0. The summed E-state index contributed by atoms with van der Waals surface area (Å²) < 4.78 is 22.6. The van der Waals surface area contributed by atoms with Crippen LogP contribution in [0.25, 0.3) is 60.1 Å². The van der Waals surface area contributed by atoms with E-state index < -0.39 is 5.60 Å². The van der Waals surface area contributed by atoms with E-state index in [1.54, 1.807) is 12.4 Å². The van der Waals surface area contributed by atoms with Crippen LogP contribution in [0.2, 0.25) is 10.0 Å². The lowest BCUT2D eigenvalue weighted by atomic mass is 9.87. The number of halogens is 3. The largest absolute Gasteiger partial charge is 0.385 e. The number of likely N-dealkylation sites (tertiary alicyclic amines) is 1. The van der Waals surface area contributed by atoms with Crippen LogP contribution in [-0.2, 0) is 123 Å². The van der Waals surface area contributed by atoms with Gasteiger partial charge in [-0.2, -0.15) is 0 Å². The minimum atomic E-state index is -0.885. The van der Waals surface area contributed by atoms with Gasteiger partial charge < -0.3 is 57.8 Å². The number of amides is 1. The summed E-state index contributed by atoms with van der Waals surface area (Å²) in [5.41, 5.74) is 34.8. The summed E-state index contributed by atoms with van der Waals surface area (Å²) in [5.74, 6) is 13.2. The number of hydrogen-bond acceptors (Lipinski definition) is 9. The summed E-state index contributed by atoms with van der Waals surface area (Å²) in [6.07, 6.45) is 16.1. The van der Waals surface area contributed by atoms with Crippen LogP contribution in [0.3, 0.4) is 0 Å². The lowest BCUT2D eigenvalue weighted by Gasteiger charge is -2.26. The van der Waals surface area contributed by atoms with Crippen molar-refractivity contribution >= 4 is 89.2 Å². The number of allylic oxidation sites excluding steroid dienone is 1. The lowest BCUT2D eigenvalue weighted by Crippen LogP contribution is -2.36. The Bertz CT molecular complexity index is 6550. The van der Waals surface area contributed by atoms with Crippen molar-refractivity contribution in [3.63, 3.8) is 0 Å². The minimum absolute atomic E-state index is 0.210. The number of piperidine rings is 1. The molecule has 1 saturated heterocycles. The van der Waals surface area contributed by atoms with E-state index in [-0.39, 0.29) is 11.7 Å². The molecule has 6 aliphatic rings. The molecule has 18 heteroatoms. The van der Waals surface area contributed by atoms with Gasteiger partial charge in [0.1, 0.15) is 5.82 Å². The molecule has 6 aliphatic heterocycles. The van der Waals surface area contributed by atoms with Crippen molar-refractivity contribution in [2.24, 2.45) is 28.2 Å². The molecule has 1 atom stereocenters. The second kappa shape index (κ2) is 37.4. The zero-order valence-electron chi connectivity index (χ0n) is 75.3. The first-order valence-electron chi connectivity index (χ1n) is 44.3. The molecule has 7 aromatic carbocycles. The number of aromatic amines is 1. The van der Waals surface area contributed by atoms with Gasteiger partial charge >= 0.3 is 0 Å². The van der Waals surface area contributed by atoms with Crippen molar-refractivity contribution in [3.8, 4) is 23.7 Å². The second-order valence-electron chi connectivity index (χ2n) is 36.3. The predicted molar refractivity (Wildman–Crippen MR) is 513 cm³/mol. The maximum atomic E-state index is 13.2. The Morgan fingerprint density at radius 2 is 0.944 bits per heavy atom. The number of hydrogen-bond donors (Lipinski definition) is 2. The molecule has 0 aliphatic carbocycles. The van der Waals surface area contributed by atoms with Crippen molar-refractivity contribution in [1.29, 1.82) is 0 Å². The number of aliphatic hydroxyl groups is 1. The quantitative estimate of drug-likeness (QED) is 0.143. The third kappa shape index (κ3) is 19.0. The molecule has 125 heavy (non-hydrogen) atoms. The van der Waals surface area contributed by atoms with Gasteiger partial charge in [-0.05, 0) is 247 Å². The Balaban J connectivity index is 0.000000115. The number of aromatic nitrogens is 7. The Hall–Kier alpha value is -10.9. The van der Waals surface area contributed by atoms with Gasteiger partial charge in [-0.15, -0.1) is 0 Å². The van der Waals surface area contributed by atoms with Crippen LogP contribution in [0.4, 0.5) is 4.39 Å². The van der Waals surface area contributed by atoms with Crippen LogP contribution >= 0.6 is 23.2 Å². The average Bonchev–Trinajstić information content (AvgIpc) is 1.62. The summed E-state index contributed by atoms with van der Waals surface area (Å²) in [6.45, 7) is 26.9. The summed E-state index contributed by atoms with van der Waals surface area (Å²) in [7, 11) is 19.6. The summed E-state index contributed by atoms with van der Waals surface area (Å²) in [5, 5.41) is 19.2. The third-order valence-electron chi connectivity index (χ3n) is 26.5. The van der Waals surface area contributed by atoms with Crippen molar-refractivity contribution in [1.82, 2.24) is 62.6 Å². The molecule has 0 saturated carbocycles. The molecule has 1 unspecified atom stereocenters. The molecular formula is C107H118Cl2FN13O2. The Kier molecular flexibility index (Phi) is 26.2. The number of carbonyl (C=O) groups is 1. The van der Waals surface area contributed by atoms with Crippen molar-refractivity contribution < 1.29 is 14.3 Å². The predicted octanol–water partition coefficient (Wildman–Crippen LogP) is 19.4. The molecule has 0 spiro atoms. The van der Waals surface area contributed by atoms with E-state index in [4.69, 9.17) is 23.2 Å². The van der Waals surface area contributed by atoms with Gasteiger partial charge in [-0.1, -0.05) is 119 Å². The van der Waals surface area contributed by atoms with Gasteiger partial charge in [0.05, 0.1) is 39.7 Å². The van der Waals surface area contributed by atoms with Crippen LogP contribution in [0.5, 0.6) is 0 Å². The maximum absolute atomic E-state index is 13.2. The minimum Gasteiger partial charge on any atom is -0.385 e. The number of likely N-dealkylation sites (N-methyl/N-ethyl adjacent to an activating group) is 5. The first-order chi connectivity index (χ1) is 60.1. The molecule has 7 aromatic heterocycles. The van der Waals surface area contributed by atoms with Gasteiger partial charge in [0, 0.05) is 257 Å². The highest BCUT2D eigenvalue weighted by atomic mass is 35.5. The molecule has 13 heterocycles. The van der Waals surface area contributed by atoms with Crippen LogP contribution in [0.1, 0.15) is 155 Å². The maximum Gasteiger partial charge on any atom is 0.227 e. The Labute approximate surface area is 747 Å². The molecule has 14 aromatic rings. The van der Waals surface area contributed by atoms with Crippen LogP contribution < -0.4 is 0 Å². The molecular weight excluding hydrogens is 1590 g/mol. The van der Waals surface area contributed by atoms with E-state index in [2.05, 4.69) is 215 Å². The topological polar surface area (TPSA) is 118 Å². The van der Waals surface area contributed by atoms with Crippen LogP contribution in [-0.4, -0.2) is 155 Å². The van der Waals surface area contributed by atoms with E-state index in [1.807, 2.05) is 110 Å². The Morgan fingerprint density at radius 1 is 0.480 bits per heavy atom. The van der Waals surface area contributed by atoms with E-state index in [9.17, 15) is 14.3 Å². The molecule has 15 nitrogen and oxygen atoms in total. The number of fused-ring (bicyclic) bond motifs is 15. The highest BCUT2D eigenvalue weighted by molar-refractivity contribution is 6.32. The number of aryl methyl sites for hydroxylation is 8.